The molecule has 1 fully saturated rings. The average Bonchev–Trinajstić information content (AvgIpc) is 2.93. The molecule has 1 aromatic carbocycles. The van der Waals surface area contributed by atoms with Crippen LogP contribution in [0.5, 0.6) is 0 Å². The zero-order chi connectivity index (χ0) is 15.2. The third-order valence-corrected chi connectivity index (χ3v) is 3.00. The van der Waals surface area contributed by atoms with Crippen molar-refractivity contribution in [2.45, 2.75) is 12.8 Å². The molecule has 0 atom stereocenters. The molecule has 0 saturated carbocycles. The Kier molecular flexibility index (Phi) is 4.77. The van der Waals surface area contributed by atoms with Crippen molar-refractivity contribution < 1.29 is 23.8 Å². The number of carbonyl (C=O) groups excluding carboxylic acids is 2. The van der Waals surface area contributed by atoms with E-state index in [1.165, 1.54) is 20.3 Å². The number of rotatable bonds is 3. The Hall–Kier alpha value is -2.56. The maximum absolute atomic E-state index is 11.5. The highest BCUT2D eigenvalue weighted by Crippen LogP contribution is 2.28. The standard InChI is InChI=1S/C16H16O5/c1-19-15(17)10-14-7-6-13(21-14)9-11-4-3-5-12(8-11)16(18)20-2/h3-5,8-10H,6-7H2,1-2H3/b13-9+,14-10+. The van der Waals surface area contributed by atoms with Crippen LogP contribution in [0.1, 0.15) is 28.8 Å². The number of allylic oxidation sites excluding steroid dienone is 2. The van der Waals surface area contributed by atoms with E-state index in [1.807, 2.05) is 12.1 Å². The van der Waals surface area contributed by atoms with Crippen LogP contribution >= 0.6 is 0 Å². The van der Waals surface area contributed by atoms with E-state index in [2.05, 4.69) is 9.47 Å². The molecule has 0 spiro atoms. The molecule has 0 bridgehead atoms. The molecule has 110 valence electrons. The summed E-state index contributed by atoms with van der Waals surface area (Å²) in [6.45, 7) is 0. The Morgan fingerprint density at radius 1 is 1.14 bits per heavy atom. The first-order valence-corrected chi connectivity index (χ1v) is 6.47. The second kappa shape index (κ2) is 6.74. The van der Waals surface area contributed by atoms with Gasteiger partial charge in [0.15, 0.2) is 0 Å². The number of ether oxygens (including phenoxy) is 3. The van der Waals surface area contributed by atoms with Gasteiger partial charge < -0.3 is 14.2 Å². The summed E-state index contributed by atoms with van der Waals surface area (Å²) in [5.41, 5.74) is 1.32. The van der Waals surface area contributed by atoms with Gasteiger partial charge in [0, 0.05) is 12.8 Å². The van der Waals surface area contributed by atoms with Gasteiger partial charge in [0.25, 0.3) is 0 Å². The Morgan fingerprint density at radius 3 is 2.62 bits per heavy atom. The highest BCUT2D eigenvalue weighted by Gasteiger charge is 2.16. The summed E-state index contributed by atoms with van der Waals surface area (Å²) >= 11 is 0. The van der Waals surface area contributed by atoms with E-state index in [0.29, 0.717) is 24.2 Å². The molecule has 0 amide bonds. The fraction of sp³-hybridized carbons (Fsp3) is 0.250. The van der Waals surface area contributed by atoms with Gasteiger partial charge in [0.1, 0.15) is 11.5 Å². The molecule has 1 heterocycles. The van der Waals surface area contributed by atoms with Crippen molar-refractivity contribution in [3.05, 3.63) is 53.0 Å². The second-order valence-corrected chi connectivity index (χ2v) is 4.46. The molecular weight excluding hydrogens is 272 g/mol. The lowest BCUT2D eigenvalue weighted by atomic mass is 10.1. The number of benzene rings is 1. The van der Waals surface area contributed by atoms with E-state index < -0.39 is 5.97 Å². The molecule has 0 N–H and O–H groups in total. The van der Waals surface area contributed by atoms with E-state index in [9.17, 15) is 9.59 Å². The Labute approximate surface area is 122 Å². The average molecular weight is 288 g/mol. The van der Waals surface area contributed by atoms with Crippen LogP contribution in [0.25, 0.3) is 6.08 Å². The molecule has 1 saturated heterocycles. The third kappa shape index (κ3) is 3.95. The number of hydrogen-bond acceptors (Lipinski definition) is 5. The zero-order valence-electron chi connectivity index (χ0n) is 11.9. The van der Waals surface area contributed by atoms with Crippen molar-refractivity contribution in [1.82, 2.24) is 0 Å². The van der Waals surface area contributed by atoms with Crippen LogP contribution in [0.4, 0.5) is 0 Å². The first-order valence-electron chi connectivity index (χ1n) is 6.47. The van der Waals surface area contributed by atoms with Crippen molar-refractivity contribution in [3.8, 4) is 0 Å². The van der Waals surface area contributed by atoms with Gasteiger partial charge in [-0.3, -0.25) is 0 Å². The Bertz CT molecular complexity index is 613. The molecule has 0 aliphatic carbocycles. The molecule has 1 aliphatic heterocycles. The van der Waals surface area contributed by atoms with Gasteiger partial charge in [-0.15, -0.1) is 0 Å². The quantitative estimate of drug-likeness (QED) is 0.632. The van der Waals surface area contributed by atoms with Crippen molar-refractivity contribution in [1.29, 1.82) is 0 Å². The van der Waals surface area contributed by atoms with Crippen LogP contribution in [0, 0.1) is 0 Å². The number of hydrogen-bond donors (Lipinski definition) is 0. The van der Waals surface area contributed by atoms with Crippen LogP contribution in [-0.2, 0) is 19.0 Å². The predicted octanol–water partition coefficient (Wildman–Crippen LogP) is 2.68. The first-order chi connectivity index (χ1) is 10.1. The maximum atomic E-state index is 11.5. The van der Waals surface area contributed by atoms with Crippen LogP contribution in [0.3, 0.4) is 0 Å². The lowest BCUT2D eigenvalue weighted by Gasteiger charge is -2.02. The molecule has 1 aliphatic rings. The van der Waals surface area contributed by atoms with Gasteiger partial charge in [-0.05, 0) is 23.8 Å². The van der Waals surface area contributed by atoms with Gasteiger partial charge >= 0.3 is 11.9 Å². The van der Waals surface area contributed by atoms with E-state index in [0.717, 1.165) is 11.3 Å². The van der Waals surface area contributed by atoms with Crippen LogP contribution < -0.4 is 0 Å². The summed E-state index contributed by atoms with van der Waals surface area (Å²) in [5, 5.41) is 0. The third-order valence-electron chi connectivity index (χ3n) is 3.00. The van der Waals surface area contributed by atoms with Gasteiger partial charge in [0.2, 0.25) is 0 Å². The van der Waals surface area contributed by atoms with Gasteiger partial charge in [-0.1, -0.05) is 12.1 Å². The van der Waals surface area contributed by atoms with Gasteiger partial charge in [0.05, 0.1) is 25.9 Å². The normalized spacial score (nSPS) is 17.6. The molecule has 0 aromatic heterocycles. The van der Waals surface area contributed by atoms with Crippen LogP contribution in [0.15, 0.2) is 41.9 Å². The smallest absolute Gasteiger partial charge is 0.337 e. The lowest BCUT2D eigenvalue weighted by Crippen LogP contribution is -2.00. The summed E-state index contributed by atoms with van der Waals surface area (Å²) in [4.78, 5) is 22.6. The summed E-state index contributed by atoms with van der Waals surface area (Å²) < 4.78 is 14.8. The first kappa shape index (κ1) is 14.8. The topological polar surface area (TPSA) is 61.8 Å². The fourth-order valence-electron chi connectivity index (χ4n) is 1.97. The van der Waals surface area contributed by atoms with Gasteiger partial charge in [-0.25, -0.2) is 9.59 Å². The fourth-order valence-corrected chi connectivity index (χ4v) is 1.97. The molecule has 1 aromatic rings. The summed E-state index contributed by atoms with van der Waals surface area (Å²) in [6, 6.07) is 7.06. The maximum Gasteiger partial charge on any atom is 0.337 e. The van der Waals surface area contributed by atoms with Crippen molar-refractivity contribution in [2.75, 3.05) is 14.2 Å². The molecule has 21 heavy (non-hydrogen) atoms. The predicted molar refractivity (Wildman–Crippen MR) is 76.2 cm³/mol. The van der Waals surface area contributed by atoms with Crippen LogP contribution in [0.2, 0.25) is 0 Å². The van der Waals surface area contributed by atoms with E-state index in [-0.39, 0.29) is 5.97 Å². The zero-order valence-corrected chi connectivity index (χ0v) is 11.9. The molecule has 5 nitrogen and oxygen atoms in total. The molecule has 0 unspecified atom stereocenters. The van der Waals surface area contributed by atoms with E-state index in [1.54, 1.807) is 18.2 Å². The highest BCUT2D eigenvalue weighted by atomic mass is 16.5. The Balaban J connectivity index is 2.13. The Morgan fingerprint density at radius 2 is 1.90 bits per heavy atom. The van der Waals surface area contributed by atoms with E-state index in [4.69, 9.17) is 4.74 Å². The summed E-state index contributed by atoms with van der Waals surface area (Å²) in [6.07, 6.45) is 4.53. The number of methoxy groups -OCH3 is 2. The van der Waals surface area contributed by atoms with E-state index >= 15 is 0 Å². The molecule has 0 radical (unpaired) electrons. The van der Waals surface area contributed by atoms with Crippen molar-refractivity contribution in [2.24, 2.45) is 0 Å². The largest absolute Gasteiger partial charge is 0.466 e. The lowest BCUT2D eigenvalue weighted by molar-refractivity contribution is -0.135. The minimum absolute atomic E-state index is 0.381. The highest BCUT2D eigenvalue weighted by molar-refractivity contribution is 5.90. The monoisotopic (exact) mass is 288 g/mol. The minimum atomic E-state index is -0.432. The SMILES string of the molecule is COC(=O)/C=C1\CC/C(=C\c2cccc(C(=O)OC)c2)O1. The molecule has 5 heteroatoms. The second-order valence-electron chi connectivity index (χ2n) is 4.46. The number of carbonyl (C=O) groups is 2. The summed E-state index contributed by atoms with van der Waals surface area (Å²) in [7, 11) is 2.67. The summed E-state index contributed by atoms with van der Waals surface area (Å²) in [5.74, 6) is 0.511. The van der Waals surface area contributed by atoms with Gasteiger partial charge in [-0.2, -0.15) is 0 Å². The van der Waals surface area contributed by atoms with Crippen LogP contribution in [-0.4, -0.2) is 26.2 Å². The molecular formula is C16H16O5. The minimum Gasteiger partial charge on any atom is -0.466 e. The molecule has 2 rings (SSSR count). The van der Waals surface area contributed by atoms with Crippen molar-refractivity contribution in [3.63, 3.8) is 0 Å². The number of esters is 2. The van der Waals surface area contributed by atoms with Crippen molar-refractivity contribution >= 4 is 18.0 Å².